The highest BCUT2D eigenvalue weighted by Gasteiger charge is 2.27. The summed E-state index contributed by atoms with van der Waals surface area (Å²) < 4.78 is 32.5. The highest BCUT2D eigenvalue weighted by molar-refractivity contribution is 7.85. The third-order valence-electron chi connectivity index (χ3n) is 9.00. The fraction of sp³-hybridized carbons (Fsp3) is 0.744. The lowest BCUT2D eigenvalue weighted by Gasteiger charge is -2.22. The first-order valence-corrected chi connectivity index (χ1v) is 22.2. The van der Waals surface area contributed by atoms with E-state index in [4.69, 9.17) is 0 Å². The van der Waals surface area contributed by atoms with E-state index >= 15 is 0 Å². The minimum absolute atomic E-state index is 0.256. The van der Waals surface area contributed by atoms with Crippen LogP contribution < -0.4 is 5.32 Å². The maximum atomic E-state index is 12.6. The molecule has 296 valence electrons. The Morgan fingerprint density at radius 1 is 0.549 bits per heavy atom. The molecule has 0 saturated heterocycles. The number of hydrogen-bond donors (Lipinski definition) is 4. The van der Waals surface area contributed by atoms with Crippen molar-refractivity contribution in [3.05, 3.63) is 60.8 Å². The summed E-state index contributed by atoms with van der Waals surface area (Å²) in [4.78, 5) is 12.6. The highest BCUT2D eigenvalue weighted by Crippen LogP contribution is 2.12. The molecular formula is C43H77NO6S. The van der Waals surface area contributed by atoms with Crippen LogP contribution >= 0.6 is 0 Å². The Bertz CT molecular complexity index is 1050. The van der Waals surface area contributed by atoms with Gasteiger partial charge in [0, 0.05) is 0 Å². The molecule has 3 unspecified atom stereocenters. The number of aliphatic hydroxyl groups excluding tert-OH is 2. The van der Waals surface area contributed by atoms with Gasteiger partial charge in [-0.05, 0) is 77.0 Å². The molecule has 0 rings (SSSR count). The van der Waals surface area contributed by atoms with Gasteiger partial charge in [-0.25, -0.2) is 0 Å². The lowest BCUT2D eigenvalue weighted by molar-refractivity contribution is -0.130. The van der Waals surface area contributed by atoms with Gasteiger partial charge in [-0.2, -0.15) is 8.42 Å². The molecule has 0 heterocycles. The normalized spacial score (nSPS) is 14.5. The first-order chi connectivity index (χ1) is 24.7. The molecule has 8 heteroatoms. The van der Waals surface area contributed by atoms with Crippen molar-refractivity contribution in [1.82, 2.24) is 5.32 Å². The van der Waals surface area contributed by atoms with E-state index in [-0.39, 0.29) is 6.42 Å². The maximum Gasteiger partial charge on any atom is 0.267 e. The molecule has 0 saturated carbocycles. The number of aliphatic hydroxyl groups is 2. The van der Waals surface area contributed by atoms with Gasteiger partial charge in [0.15, 0.2) is 0 Å². The number of hydrogen-bond acceptors (Lipinski definition) is 5. The zero-order chi connectivity index (χ0) is 37.7. The zero-order valence-electron chi connectivity index (χ0n) is 32.6. The van der Waals surface area contributed by atoms with E-state index in [1.165, 1.54) is 83.1 Å². The van der Waals surface area contributed by atoms with Gasteiger partial charge in [0.25, 0.3) is 10.1 Å². The molecular weight excluding hydrogens is 659 g/mol. The molecule has 0 aromatic carbocycles. The number of amides is 1. The first kappa shape index (κ1) is 49.0. The summed E-state index contributed by atoms with van der Waals surface area (Å²) in [5, 5.41) is 23.4. The summed E-state index contributed by atoms with van der Waals surface area (Å²) in [6.07, 6.45) is 47.0. The second-order valence-corrected chi connectivity index (χ2v) is 15.5. The van der Waals surface area contributed by atoms with Crippen LogP contribution in [0.1, 0.15) is 181 Å². The molecule has 0 aliphatic heterocycles. The van der Waals surface area contributed by atoms with E-state index in [1.54, 1.807) is 6.08 Å². The van der Waals surface area contributed by atoms with Gasteiger partial charge in [0.2, 0.25) is 5.91 Å². The quantitative estimate of drug-likeness (QED) is 0.0288. The minimum atomic E-state index is -4.46. The Morgan fingerprint density at radius 2 is 0.941 bits per heavy atom. The molecule has 7 nitrogen and oxygen atoms in total. The summed E-state index contributed by atoms with van der Waals surface area (Å²) in [6.45, 7) is 4.47. The number of allylic oxidation sites excluding steroid dienone is 9. The molecule has 0 spiro atoms. The van der Waals surface area contributed by atoms with Crippen molar-refractivity contribution < 1.29 is 28.0 Å². The van der Waals surface area contributed by atoms with Gasteiger partial charge in [-0.1, -0.05) is 164 Å². The van der Waals surface area contributed by atoms with Crippen LogP contribution in [-0.2, 0) is 14.9 Å². The SMILES string of the molecule is CCCCC/C=C\C/C=C\CCCCCCCCC(O)C(=O)NC(CS(=O)(=O)O)C(O)/C=C/CC/C=C/CC/C=C/CCCCCCCCCC. The molecule has 1 amide bonds. The van der Waals surface area contributed by atoms with E-state index in [9.17, 15) is 28.0 Å². The van der Waals surface area contributed by atoms with E-state index in [2.05, 4.69) is 67.8 Å². The molecule has 3 atom stereocenters. The predicted octanol–water partition coefficient (Wildman–Crippen LogP) is 11.0. The third-order valence-corrected chi connectivity index (χ3v) is 9.78. The molecule has 0 aromatic rings. The second-order valence-electron chi connectivity index (χ2n) is 14.0. The van der Waals surface area contributed by atoms with Crippen molar-refractivity contribution in [2.75, 3.05) is 5.75 Å². The van der Waals surface area contributed by atoms with Gasteiger partial charge in [0.1, 0.15) is 6.10 Å². The summed E-state index contributed by atoms with van der Waals surface area (Å²) >= 11 is 0. The molecule has 0 aliphatic carbocycles. The fourth-order valence-corrected chi connectivity index (χ4v) is 6.54. The maximum absolute atomic E-state index is 12.6. The van der Waals surface area contributed by atoms with E-state index in [0.717, 1.165) is 70.6 Å². The summed E-state index contributed by atoms with van der Waals surface area (Å²) in [7, 11) is -4.46. The van der Waals surface area contributed by atoms with Crippen LogP contribution in [0.25, 0.3) is 0 Å². The number of nitrogens with one attached hydrogen (secondary N) is 1. The number of unbranched alkanes of at least 4 members (excludes halogenated alkanes) is 19. The van der Waals surface area contributed by atoms with Gasteiger partial charge in [-0.15, -0.1) is 0 Å². The lowest BCUT2D eigenvalue weighted by Crippen LogP contribution is -2.50. The number of rotatable bonds is 36. The van der Waals surface area contributed by atoms with Crippen LogP contribution in [0.2, 0.25) is 0 Å². The van der Waals surface area contributed by atoms with Crippen molar-refractivity contribution in [3.63, 3.8) is 0 Å². The molecule has 51 heavy (non-hydrogen) atoms. The minimum Gasteiger partial charge on any atom is -0.387 e. The van der Waals surface area contributed by atoms with Crippen molar-refractivity contribution >= 4 is 16.0 Å². The Morgan fingerprint density at radius 3 is 1.45 bits per heavy atom. The van der Waals surface area contributed by atoms with Crippen molar-refractivity contribution in [2.24, 2.45) is 0 Å². The van der Waals surface area contributed by atoms with Crippen LogP contribution in [-0.4, -0.2) is 53.1 Å². The van der Waals surface area contributed by atoms with Gasteiger partial charge >= 0.3 is 0 Å². The van der Waals surface area contributed by atoms with Crippen molar-refractivity contribution in [1.29, 1.82) is 0 Å². The summed E-state index contributed by atoms with van der Waals surface area (Å²) in [6, 6.07) is -1.26. The zero-order valence-corrected chi connectivity index (χ0v) is 33.4. The molecule has 0 fully saturated rings. The van der Waals surface area contributed by atoms with Gasteiger partial charge in [0.05, 0.1) is 17.9 Å². The van der Waals surface area contributed by atoms with E-state index < -0.39 is 40.0 Å². The topological polar surface area (TPSA) is 124 Å². The lowest BCUT2D eigenvalue weighted by atomic mass is 10.0. The Kier molecular flexibility index (Phi) is 34.9. The van der Waals surface area contributed by atoms with E-state index in [1.807, 2.05) is 0 Å². The van der Waals surface area contributed by atoms with Gasteiger partial charge in [-0.3, -0.25) is 9.35 Å². The Hall–Kier alpha value is -2.00. The van der Waals surface area contributed by atoms with Crippen LogP contribution in [0.15, 0.2) is 60.8 Å². The molecule has 0 aliphatic rings. The van der Waals surface area contributed by atoms with Crippen LogP contribution in [0, 0.1) is 0 Å². The van der Waals surface area contributed by atoms with Crippen molar-refractivity contribution in [3.8, 4) is 0 Å². The Balaban J connectivity index is 4.16. The smallest absolute Gasteiger partial charge is 0.267 e. The number of carbonyl (C=O) groups excluding carboxylic acids is 1. The van der Waals surface area contributed by atoms with Crippen LogP contribution in [0.5, 0.6) is 0 Å². The summed E-state index contributed by atoms with van der Waals surface area (Å²) in [5.74, 6) is -1.58. The van der Waals surface area contributed by atoms with Crippen LogP contribution in [0.3, 0.4) is 0 Å². The first-order valence-electron chi connectivity index (χ1n) is 20.6. The number of carbonyl (C=O) groups is 1. The largest absolute Gasteiger partial charge is 0.387 e. The second kappa shape index (κ2) is 36.4. The van der Waals surface area contributed by atoms with Crippen LogP contribution in [0.4, 0.5) is 0 Å². The average Bonchev–Trinajstić information content (AvgIpc) is 3.09. The highest BCUT2D eigenvalue weighted by atomic mass is 32.2. The summed E-state index contributed by atoms with van der Waals surface area (Å²) in [5.41, 5.74) is 0. The van der Waals surface area contributed by atoms with E-state index in [0.29, 0.717) is 12.8 Å². The molecule has 4 N–H and O–H groups in total. The molecule has 0 bridgehead atoms. The fourth-order valence-electron chi connectivity index (χ4n) is 5.81. The third kappa shape index (κ3) is 36.2. The van der Waals surface area contributed by atoms with Gasteiger partial charge < -0.3 is 15.5 Å². The monoisotopic (exact) mass is 736 g/mol. The molecule has 0 aromatic heterocycles. The molecule has 0 radical (unpaired) electrons. The predicted molar refractivity (Wildman–Crippen MR) is 217 cm³/mol. The standard InChI is InChI=1S/C43H77NO6S/c1-3-5-7-9-11-13-15-17-19-21-22-24-25-27-29-31-33-35-37-41(45)40(39-51(48,49)50)44-43(47)42(46)38-36-34-32-30-28-26-23-20-18-16-14-12-10-8-6-4-2/h12,14,18,20-22,27,29,35,37,40-42,45-46H,3-11,13,15-17,19,23-26,28,30-34,36,38-39H2,1-2H3,(H,44,47)(H,48,49,50)/b14-12-,20-18-,22-21+,29-27+,37-35+. The average molecular weight is 736 g/mol. The van der Waals surface area contributed by atoms with Crippen molar-refractivity contribution in [2.45, 2.75) is 199 Å². The Labute approximate surface area is 314 Å².